The van der Waals surface area contributed by atoms with Gasteiger partial charge in [-0.25, -0.2) is 9.97 Å². The molecule has 0 spiro atoms. The molecule has 0 fully saturated rings. The molecular formula is C16H18BrN5S2. The van der Waals surface area contributed by atoms with Crippen LogP contribution in [0.5, 0.6) is 0 Å². The molecule has 0 saturated carbocycles. The van der Waals surface area contributed by atoms with Crippen molar-refractivity contribution in [2.75, 3.05) is 11.9 Å². The van der Waals surface area contributed by atoms with Gasteiger partial charge in [-0.2, -0.15) is 5.10 Å². The van der Waals surface area contributed by atoms with E-state index in [1.807, 2.05) is 28.4 Å². The first-order valence-corrected chi connectivity index (χ1v) is 10.4. The van der Waals surface area contributed by atoms with Gasteiger partial charge in [0, 0.05) is 29.2 Å². The summed E-state index contributed by atoms with van der Waals surface area (Å²) in [5.74, 6) is 0. The van der Waals surface area contributed by atoms with Crippen molar-refractivity contribution in [3.8, 4) is 0 Å². The molecule has 0 amide bonds. The van der Waals surface area contributed by atoms with Gasteiger partial charge in [-0.15, -0.1) is 11.3 Å². The number of anilines is 1. The maximum Gasteiger partial charge on any atom is 0.185 e. The van der Waals surface area contributed by atoms with E-state index >= 15 is 0 Å². The molecule has 0 aliphatic heterocycles. The molecule has 126 valence electrons. The summed E-state index contributed by atoms with van der Waals surface area (Å²) in [6, 6.07) is 0. The zero-order valence-corrected chi connectivity index (χ0v) is 16.6. The smallest absolute Gasteiger partial charge is 0.185 e. The van der Waals surface area contributed by atoms with Gasteiger partial charge in [0.25, 0.3) is 0 Å². The number of halogens is 1. The topological polar surface area (TPSA) is 46.8 Å². The van der Waals surface area contributed by atoms with E-state index in [0.29, 0.717) is 0 Å². The van der Waals surface area contributed by atoms with Crippen molar-refractivity contribution in [3.05, 3.63) is 43.5 Å². The Kier molecular flexibility index (Phi) is 4.69. The van der Waals surface area contributed by atoms with Gasteiger partial charge < -0.3 is 4.90 Å². The predicted octanol–water partition coefficient (Wildman–Crippen LogP) is 4.12. The Morgan fingerprint density at radius 3 is 2.92 bits per heavy atom. The molecule has 0 unspecified atom stereocenters. The maximum atomic E-state index is 4.83. The first kappa shape index (κ1) is 16.2. The quantitative estimate of drug-likeness (QED) is 0.618. The second kappa shape index (κ2) is 6.93. The van der Waals surface area contributed by atoms with Crippen molar-refractivity contribution >= 4 is 43.7 Å². The predicted molar refractivity (Wildman–Crippen MR) is 102 cm³/mol. The lowest BCUT2D eigenvalue weighted by molar-refractivity contribution is 0.680. The van der Waals surface area contributed by atoms with Gasteiger partial charge in [-0.05, 0) is 41.6 Å². The van der Waals surface area contributed by atoms with Gasteiger partial charge in [-0.3, -0.25) is 4.68 Å². The van der Waals surface area contributed by atoms with Gasteiger partial charge in [0.1, 0.15) is 5.01 Å². The summed E-state index contributed by atoms with van der Waals surface area (Å²) in [6.07, 6.45) is 10.7. The molecule has 3 heterocycles. The van der Waals surface area contributed by atoms with Crippen LogP contribution in [0, 0.1) is 0 Å². The van der Waals surface area contributed by atoms with Gasteiger partial charge in [0.15, 0.2) is 5.13 Å². The van der Waals surface area contributed by atoms with Crippen LogP contribution in [0.3, 0.4) is 0 Å². The Hall–Kier alpha value is -1.25. The second-order valence-corrected chi connectivity index (χ2v) is 9.18. The van der Waals surface area contributed by atoms with E-state index in [1.54, 1.807) is 17.5 Å². The highest BCUT2D eigenvalue weighted by Crippen LogP contribution is 2.29. The summed E-state index contributed by atoms with van der Waals surface area (Å²) in [4.78, 5) is 14.3. The van der Waals surface area contributed by atoms with E-state index in [2.05, 4.69) is 38.0 Å². The summed E-state index contributed by atoms with van der Waals surface area (Å²) >= 11 is 7.02. The summed E-state index contributed by atoms with van der Waals surface area (Å²) in [7, 11) is 2.09. The van der Waals surface area contributed by atoms with Crippen LogP contribution in [0.25, 0.3) is 0 Å². The van der Waals surface area contributed by atoms with E-state index in [-0.39, 0.29) is 0 Å². The number of aromatic nitrogens is 4. The van der Waals surface area contributed by atoms with Crippen molar-refractivity contribution in [2.45, 2.75) is 38.8 Å². The fourth-order valence-corrected chi connectivity index (χ4v) is 5.28. The fraction of sp³-hybridized carbons (Fsp3) is 0.438. The monoisotopic (exact) mass is 423 g/mol. The molecule has 1 aliphatic carbocycles. The molecule has 0 atom stereocenters. The van der Waals surface area contributed by atoms with Crippen molar-refractivity contribution in [1.82, 2.24) is 19.7 Å². The number of fused-ring (bicyclic) bond motifs is 1. The summed E-state index contributed by atoms with van der Waals surface area (Å²) < 4.78 is 2.91. The Balaban J connectivity index is 1.43. The minimum Gasteiger partial charge on any atom is -0.344 e. The first-order chi connectivity index (χ1) is 11.7. The van der Waals surface area contributed by atoms with Crippen LogP contribution in [0.4, 0.5) is 5.13 Å². The third kappa shape index (κ3) is 3.55. The summed E-state index contributed by atoms with van der Waals surface area (Å²) in [5, 5.41) is 6.53. The summed E-state index contributed by atoms with van der Waals surface area (Å²) in [5.41, 5.74) is 1.33. The van der Waals surface area contributed by atoms with Crippen molar-refractivity contribution < 1.29 is 0 Å². The molecule has 0 N–H and O–H groups in total. The average Bonchev–Trinajstić information content (AvgIpc) is 3.27. The second-order valence-electron chi connectivity index (χ2n) is 6.01. The molecule has 5 nitrogen and oxygen atoms in total. The lowest BCUT2D eigenvalue weighted by Gasteiger charge is -2.13. The minimum absolute atomic E-state index is 0.753. The summed E-state index contributed by atoms with van der Waals surface area (Å²) in [6.45, 7) is 1.58. The molecule has 0 aromatic carbocycles. The average molecular weight is 424 g/mol. The molecule has 0 radical (unpaired) electrons. The standard InChI is InChI=1S/C16H18BrN5S2/c1-21(10-15-20-13-4-2-3-5-14(13)24-15)16-18-7-12(23-16)9-22-8-11(17)6-19-22/h6-8H,2-5,9-10H2,1H3. The molecule has 0 bridgehead atoms. The van der Waals surface area contributed by atoms with Gasteiger partial charge in [-0.1, -0.05) is 11.3 Å². The van der Waals surface area contributed by atoms with E-state index in [4.69, 9.17) is 4.98 Å². The molecule has 1 aliphatic rings. The minimum atomic E-state index is 0.753. The number of hydrogen-bond acceptors (Lipinski definition) is 6. The van der Waals surface area contributed by atoms with Gasteiger partial charge >= 0.3 is 0 Å². The lowest BCUT2D eigenvalue weighted by atomic mass is 10.0. The van der Waals surface area contributed by atoms with Crippen LogP contribution >= 0.6 is 38.6 Å². The van der Waals surface area contributed by atoms with Gasteiger partial charge in [0.2, 0.25) is 0 Å². The third-order valence-electron chi connectivity index (χ3n) is 4.05. The highest BCUT2D eigenvalue weighted by atomic mass is 79.9. The zero-order chi connectivity index (χ0) is 16.5. The molecule has 0 saturated heterocycles. The Morgan fingerprint density at radius 1 is 1.25 bits per heavy atom. The largest absolute Gasteiger partial charge is 0.344 e. The Bertz CT molecular complexity index is 814. The van der Waals surface area contributed by atoms with E-state index in [9.17, 15) is 0 Å². The molecule has 3 aromatic rings. The molecule has 4 rings (SSSR count). The van der Waals surface area contributed by atoms with E-state index < -0.39 is 0 Å². The van der Waals surface area contributed by atoms with E-state index in [1.165, 1.54) is 39.7 Å². The van der Waals surface area contributed by atoms with Crippen LogP contribution in [0.1, 0.15) is 33.3 Å². The van der Waals surface area contributed by atoms with Crippen molar-refractivity contribution in [3.63, 3.8) is 0 Å². The van der Waals surface area contributed by atoms with Crippen molar-refractivity contribution in [2.24, 2.45) is 0 Å². The van der Waals surface area contributed by atoms with Crippen LogP contribution in [-0.4, -0.2) is 26.8 Å². The molecule has 24 heavy (non-hydrogen) atoms. The van der Waals surface area contributed by atoms with E-state index in [0.717, 1.165) is 29.1 Å². The normalized spacial score (nSPS) is 13.9. The molecule has 3 aromatic heterocycles. The van der Waals surface area contributed by atoms with Crippen LogP contribution in [-0.2, 0) is 25.9 Å². The SMILES string of the molecule is CN(Cc1nc2c(s1)CCCC2)c1ncc(Cn2cc(Br)cn2)s1. The Morgan fingerprint density at radius 2 is 2.12 bits per heavy atom. The fourth-order valence-electron chi connectivity index (χ4n) is 2.87. The number of rotatable bonds is 5. The first-order valence-electron chi connectivity index (χ1n) is 7.98. The van der Waals surface area contributed by atoms with Crippen LogP contribution in [0.15, 0.2) is 23.1 Å². The maximum absolute atomic E-state index is 4.83. The highest BCUT2D eigenvalue weighted by Gasteiger charge is 2.17. The molecule has 8 heteroatoms. The number of hydrogen-bond donors (Lipinski definition) is 0. The number of thiazole rings is 2. The van der Waals surface area contributed by atoms with Crippen molar-refractivity contribution in [1.29, 1.82) is 0 Å². The zero-order valence-electron chi connectivity index (χ0n) is 13.4. The highest BCUT2D eigenvalue weighted by molar-refractivity contribution is 9.10. The number of nitrogens with zero attached hydrogens (tertiary/aromatic N) is 5. The van der Waals surface area contributed by atoms with Crippen LogP contribution in [0.2, 0.25) is 0 Å². The lowest BCUT2D eigenvalue weighted by Crippen LogP contribution is -2.15. The van der Waals surface area contributed by atoms with Crippen LogP contribution < -0.4 is 4.90 Å². The molecular weight excluding hydrogens is 406 g/mol. The van der Waals surface area contributed by atoms with Gasteiger partial charge in [0.05, 0.1) is 29.5 Å². The third-order valence-corrected chi connectivity index (χ3v) is 6.70. The Labute approximate surface area is 157 Å². The number of aryl methyl sites for hydroxylation is 2.